The first-order valence-electron chi connectivity index (χ1n) is 10.6. The predicted octanol–water partition coefficient (Wildman–Crippen LogP) is 4.44. The lowest BCUT2D eigenvalue weighted by Crippen LogP contribution is -2.49. The van der Waals surface area contributed by atoms with Crippen molar-refractivity contribution in [2.75, 3.05) is 13.1 Å². The number of carbonyl (C=O) groups excluding carboxylic acids is 2. The summed E-state index contributed by atoms with van der Waals surface area (Å²) in [7, 11) is 0. The largest absolute Gasteiger partial charge is 0.352 e. The first-order chi connectivity index (χ1) is 14.9. The molecule has 2 aromatic heterocycles. The molecule has 164 valence electrons. The van der Waals surface area contributed by atoms with Crippen molar-refractivity contribution >= 4 is 28.9 Å². The van der Waals surface area contributed by atoms with Gasteiger partial charge in [0, 0.05) is 36.8 Å². The molecule has 4 rings (SSSR count). The number of imidazole rings is 1. The van der Waals surface area contributed by atoms with Crippen molar-refractivity contribution in [1.82, 2.24) is 19.6 Å². The van der Waals surface area contributed by atoms with E-state index < -0.39 is 0 Å². The van der Waals surface area contributed by atoms with E-state index in [-0.39, 0.29) is 17.9 Å². The SMILES string of the molecule is CC(C)CC(=O)NC1CCCN(C(=O)c2cccn3cncc23)C1.Clc1ccccc1. The number of carbonyl (C=O) groups is 2. The van der Waals surface area contributed by atoms with Gasteiger partial charge in [0.1, 0.15) is 0 Å². The molecular formula is C24H29ClN4O2. The molecule has 0 saturated carbocycles. The molecule has 1 aromatic carbocycles. The quantitative estimate of drug-likeness (QED) is 0.652. The van der Waals surface area contributed by atoms with E-state index in [1.807, 2.05) is 71.8 Å². The van der Waals surface area contributed by atoms with Crippen molar-refractivity contribution in [3.8, 4) is 0 Å². The van der Waals surface area contributed by atoms with Crippen LogP contribution in [0.4, 0.5) is 0 Å². The first-order valence-corrected chi connectivity index (χ1v) is 11.0. The number of halogens is 1. The molecule has 1 aliphatic rings. The molecule has 0 spiro atoms. The fourth-order valence-corrected chi connectivity index (χ4v) is 3.80. The van der Waals surface area contributed by atoms with Gasteiger partial charge in [-0.15, -0.1) is 0 Å². The summed E-state index contributed by atoms with van der Waals surface area (Å²) in [6.45, 7) is 5.35. The number of nitrogens with one attached hydrogen (secondary N) is 1. The molecular weight excluding hydrogens is 412 g/mol. The summed E-state index contributed by atoms with van der Waals surface area (Å²) < 4.78 is 1.85. The summed E-state index contributed by atoms with van der Waals surface area (Å²) in [6, 6.07) is 13.2. The van der Waals surface area contributed by atoms with Crippen molar-refractivity contribution in [3.63, 3.8) is 0 Å². The van der Waals surface area contributed by atoms with Crippen molar-refractivity contribution in [3.05, 3.63) is 71.8 Å². The van der Waals surface area contributed by atoms with Gasteiger partial charge in [-0.05, 0) is 43.0 Å². The van der Waals surface area contributed by atoms with Crippen LogP contribution in [0.5, 0.6) is 0 Å². The van der Waals surface area contributed by atoms with Crippen LogP contribution in [-0.2, 0) is 4.79 Å². The van der Waals surface area contributed by atoms with Gasteiger partial charge in [0.15, 0.2) is 0 Å². The number of amides is 2. The topological polar surface area (TPSA) is 66.7 Å². The molecule has 3 heterocycles. The maximum absolute atomic E-state index is 12.9. The number of benzene rings is 1. The number of piperidine rings is 1. The summed E-state index contributed by atoms with van der Waals surface area (Å²) in [6.07, 6.45) is 7.63. The Morgan fingerprint density at radius 2 is 1.97 bits per heavy atom. The standard InChI is InChI=1S/C18H24N4O2.C6H5Cl/c1-13(2)9-17(23)20-14-5-3-7-21(11-14)18(24)15-6-4-8-22-12-19-10-16(15)22;7-6-4-2-1-3-5-6/h4,6,8,10,12-14H,3,5,7,9,11H2,1-2H3,(H,20,23);1-5H. The van der Waals surface area contributed by atoms with E-state index in [1.165, 1.54) is 0 Å². The lowest BCUT2D eigenvalue weighted by molar-refractivity contribution is -0.122. The maximum atomic E-state index is 12.9. The van der Waals surface area contributed by atoms with E-state index in [0.29, 0.717) is 24.4 Å². The summed E-state index contributed by atoms with van der Waals surface area (Å²) in [5, 5.41) is 3.86. The number of hydrogen-bond donors (Lipinski definition) is 1. The molecule has 2 amide bonds. The summed E-state index contributed by atoms with van der Waals surface area (Å²) in [5.74, 6) is 0.414. The molecule has 31 heavy (non-hydrogen) atoms. The zero-order chi connectivity index (χ0) is 22.2. The van der Waals surface area contributed by atoms with Gasteiger partial charge in [-0.3, -0.25) is 9.59 Å². The van der Waals surface area contributed by atoms with Crippen LogP contribution in [0.25, 0.3) is 5.52 Å². The normalized spacial score (nSPS) is 16.0. The van der Waals surface area contributed by atoms with Crippen molar-refractivity contribution in [2.24, 2.45) is 5.92 Å². The maximum Gasteiger partial charge on any atom is 0.256 e. The molecule has 1 atom stereocenters. The summed E-state index contributed by atoms with van der Waals surface area (Å²) in [4.78, 5) is 30.8. The van der Waals surface area contributed by atoms with E-state index >= 15 is 0 Å². The second-order valence-corrected chi connectivity index (χ2v) is 8.60. The Balaban J connectivity index is 0.000000330. The van der Waals surface area contributed by atoms with E-state index in [2.05, 4.69) is 10.3 Å². The van der Waals surface area contributed by atoms with Gasteiger partial charge in [0.05, 0.1) is 23.6 Å². The predicted molar refractivity (Wildman–Crippen MR) is 123 cm³/mol. The molecule has 1 N–H and O–H groups in total. The number of nitrogens with zero attached hydrogens (tertiary/aromatic N) is 3. The smallest absolute Gasteiger partial charge is 0.256 e. The highest BCUT2D eigenvalue weighted by Gasteiger charge is 2.26. The summed E-state index contributed by atoms with van der Waals surface area (Å²) >= 11 is 5.54. The number of pyridine rings is 1. The Morgan fingerprint density at radius 3 is 2.65 bits per heavy atom. The lowest BCUT2D eigenvalue weighted by atomic mass is 10.0. The molecule has 1 aliphatic heterocycles. The minimum atomic E-state index is 0.00362. The second-order valence-electron chi connectivity index (χ2n) is 8.16. The van der Waals surface area contributed by atoms with Crippen LogP contribution in [0, 0.1) is 5.92 Å². The summed E-state index contributed by atoms with van der Waals surface area (Å²) in [5.41, 5.74) is 1.47. The Morgan fingerprint density at radius 1 is 1.19 bits per heavy atom. The van der Waals surface area contributed by atoms with E-state index in [4.69, 9.17) is 11.6 Å². The van der Waals surface area contributed by atoms with Gasteiger partial charge in [0.25, 0.3) is 5.91 Å². The lowest BCUT2D eigenvalue weighted by Gasteiger charge is -2.33. The fourth-order valence-electron chi connectivity index (χ4n) is 3.65. The van der Waals surface area contributed by atoms with Crippen LogP contribution in [0.1, 0.15) is 43.5 Å². The molecule has 0 bridgehead atoms. The van der Waals surface area contributed by atoms with Crippen LogP contribution in [0.2, 0.25) is 5.02 Å². The highest BCUT2D eigenvalue weighted by atomic mass is 35.5. The highest BCUT2D eigenvalue weighted by molar-refractivity contribution is 6.30. The molecule has 1 fully saturated rings. The molecule has 3 aromatic rings. The minimum absolute atomic E-state index is 0.00362. The number of fused-ring (bicyclic) bond motifs is 1. The fraction of sp³-hybridized carbons (Fsp3) is 0.375. The average Bonchev–Trinajstić information content (AvgIpc) is 3.23. The van der Waals surface area contributed by atoms with E-state index in [0.717, 1.165) is 29.9 Å². The van der Waals surface area contributed by atoms with E-state index in [9.17, 15) is 9.59 Å². The molecule has 6 nitrogen and oxygen atoms in total. The van der Waals surface area contributed by atoms with Crippen LogP contribution < -0.4 is 5.32 Å². The van der Waals surface area contributed by atoms with Crippen molar-refractivity contribution < 1.29 is 9.59 Å². The van der Waals surface area contributed by atoms with E-state index in [1.54, 1.807) is 12.5 Å². The van der Waals surface area contributed by atoms with Gasteiger partial charge in [0.2, 0.25) is 5.91 Å². The minimum Gasteiger partial charge on any atom is -0.352 e. The third-order valence-electron chi connectivity index (χ3n) is 5.08. The highest BCUT2D eigenvalue weighted by Crippen LogP contribution is 2.17. The third kappa shape index (κ3) is 6.56. The van der Waals surface area contributed by atoms with Gasteiger partial charge in [-0.1, -0.05) is 43.6 Å². The van der Waals surface area contributed by atoms with Crippen molar-refractivity contribution in [2.45, 2.75) is 39.2 Å². The number of likely N-dealkylation sites (tertiary alicyclic amines) is 1. The molecule has 1 saturated heterocycles. The zero-order valence-corrected chi connectivity index (χ0v) is 18.8. The Labute approximate surface area is 188 Å². The molecule has 7 heteroatoms. The third-order valence-corrected chi connectivity index (χ3v) is 5.33. The zero-order valence-electron chi connectivity index (χ0n) is 18.0. The number of hydrogen-bond acceptors (Lipinski definition) is 3. The Bertz CT molecular complexity index is 1000. The Kier molecular flexibility index (Phi) is 8.06. The van der Waals surface area contributed by atoms with Crippen LogP contribution in [-0.4, -0.2) is 45.2 Å². The second kappa shape index (κ2) is 11.0. The van der Waals surface area contributed by atoms with Crippen LogP contribution in [0.15, 0.2) is 61.2 Å². The number of rotatable bonds is 4. The van der Waals surface area contributed by atoms with Gasteiger partial charge >= 0.3 is 0 Å². The molecule has 1 unspecified atom stereocenters. The van der Waals surface area contributed by atoms with Gasteiger partial charge < -0.3 is 14.6 Å². The Hall–Kier alpha value is -2.86. The van der Waals surface area contributed by atoms with Crippen LogP contribution in [0.3, 0.4) is 0 Å². The average molecular weight is 441 g/mol. The molecule has 0 aliphatic carbocycles. The molecule has 0 radical (unpaired) electrons. The van der Waals surface area contributed by atoms with Gasteiger partial charge in [-0.2, -0.15) is 0 Å². The van der Waals surface area contributed by atoms with Crippen molar-refractivity contribution in [1.29, 1.82) is 0 Å². The monoisotopic (exact) mass is 440 g/mol. The number of aromatic nitrogens is 2. The van der Waals surface area contributed by atoms with Gasteiger partial charge in [-0.25, -0.2) is 4.98 Å². The first kappa shape index (κ1) is 22.8. The van der Waals surface area contributed by atoms with Crippen LogP contribution >= 0.6 is 11.6 Å².